The fourth-order valence-electron chi connectivity index (χ4n) is 3.03. The molecule has 11 heteroatoms. The van der Waals surface area contributed by atoms with Gasteiger partial charge in [0.05, 0.1) is 24.8 Å². The van der Waals surface area contributed by atoms with Gasteiger partial charge < -0.3 is 9.47 Å². The van der Waals surface area contributed by atoms with Crippen LogP contribution in [0.5, 0.6) is 11.5 Å². The van der Waals surface area contributed by atoms with Crippen LogP contribution >= 0.6 is 11.3 Å². The lowest BCUT2D eigenvalue weighted by Crippen LogP contribution is -2.26. The summed E-state index contributed by atoms with van der Waals surface area (Å²) in [6.07, 6.45) is 0.401. The molecule has 4 aromatic rings. The van der Waals surface area contributed by atoms with Crippen molar-refractivity contribution >= 4 is 26.3 Å². The summed E-state index contributed by atoms with van der Waals surface area (Å²) in [6, 6.07) is 10.5. The van der Waals surface area contributed by atoms with E-state index in [1.54, 1.807) is 22.7 Å². The van der Waals surface area contributed by atoms with E-state index in [4.69, 9.17) is 9.47 Å². The second-order valence-electron chi connectivity index (χ2n) is 6.53. The van der Waals surface area contributed by atoms with Gasteiger partial charge in [0.15, 0.2) is 17.3 Å². The third-order valence-corrected chi connectivity index (χ3v) is 6.89. The molecule has 0 saturated carbocycles. The predicted octanol–water partition coefficient (Wildman–Crippen LogP) is 3.14. The molecule has 0 unspecified atom stereocenters. The van der Waals surface area contributed by atoms with E-state index in [-0.39, 0.29) is 17.3 Å². The van der Waals surface area contributed by atoms with Gasteiger partial charge in [-0.15, -0.1) is 16.4 Å². The SMILES string of the molecule is COc1ccc(S(=O)(=O)NCCc2csc3nc(-c4cccc(F)c4)nn23)cc1OC. The normalized spacial score (nSPS) is 11.7. The van der Waals surface area contributed by atoms with E-state index < -0.39 is 10.0 Å². The summed E-state index contributed by atoms with van der Waals surface area (Å²) in [7, 11) is -0.810. The molecular formula is C20H19FN4O4S2. The number of thiazole rings is 1. The number of halogens is 1. The molecule has 2 heterocycles. The van der Waals surface area contributed by atoms with Crippen LogP contribution < -0.4 is 14.2 Å². The van der Waals surface area contributed by atoms with E-state index >= 15 is 0 Å². The second kappa shape index (κ2) is 8.61. The van der Waals surface area contributed by atoms with Crippen LogP contribution in [0.25, 0.3) is 16.3 Å². The maximum atomic E-state index is 13.5. The van der Waals surface area contributed by atoms with Crippen LogP contribution in [-0.2, 0) is 16.4 Å². The summed E-state index contributed by atoms with van der Waals surface area (Å²) in [5, 5.41) is 6.31. The molecular weight excluding hydrogens is 443 g/mol. The smallest absolute Gasteiger partial charge is 0.240 e. The molecule has 0 saturated heterocycles. The van der Waals surface area contributed by atoms with Gasteiger partial charge in [-0.1, -0.05) is 12.1 Å². The van der Waals surface area contributed by atoms with Crippen molar-refractivity contribution in [3.05, 3.63) is 59.4 Å². The minimum atomic E-state index is -3.74. The number of aromatic nitrogens is 3. The van der Waals surface area contributed by atoms with Gasteiger partial charge in [-0.2, -0.15) is 4.98 Å². The first-order chi connectivity index (χ1) is 14.9. The summed E-state index contributed by atoms with van der Waals surface area (Å²) in [4.78, 5) is 5.15. The Bertz CT molecular complexity index is 1330. The van der Waals surface area contributed by atoms with Gasteiger partial charge in [-0.3, -0.25) is 0 Å². The number of hydrogen-bond acceptors (Lipinski definition) is 7. The average molecular weight is 463 g/mol. The first kappa shape index (κ1) is 21.2. The number of fused-ring (bicyclic) bond motifs is 1. The summed E-state index contributed by atoms with van der Waals surface area (Å²) >= 11 is 1.38. The molecule has 2 aromatic carbocycles. The maximum Gasteiger partial charge on any atom is 0.240 e. The van der Waals surface area contributed by atoms with Crippen LogP contribution in [0.2, 0.25) is 0 Å². The van der Waals surface area contributed by atoms with Gasteiger partial charge in [0.2, 0.25) is 15.0 Å². The van der Waals surface area contributed by atoms with Crippen molar-refractivity contribution in [3.63, 3.8) is 0 Å². The maximum absolute atomic E-state index is 13.5. The zero-order valence-electron chi connectivity index (χ0n) is 16.7. The number of nitrogens with zero attached hydrogens (tertiary/aromatic N) is 3. The summed E-state index contributed by atoms with van der Waals surface area (Å²) in [6.45, 7) is 0.164. The van der Waals surface area contributed by atoms with E-state index in [0.29, 0.717) is 34.3 Å². The lowest BCUT2D eigenvalue weighted by molar-refractivity contribution is 0.354. The molecule has 162 valence electrons. The average Bonchev–Trinajstić information content (AvgIpc) is 3.35. The second-order valence-corrected chi connectivity index (χ2v) is 9.14. The monoisotopic (exact) mass is 462 g/mol. The lowest BCUT2D eigenvalue weighted by Gasteiger charge is -2.10. The highest BCUT2D eigenvalue weighted by atomic mass is 32.2. The predicted molar refractivity (Wildman–Crippen MR) is 115 cm³/mol. The van der Waals surface area contributed by atoms with E-state index in [2.05, 4.69) is 14.8 Å². The molecule has 0 spiro atoms. The van der Waals surface area contributed by atoms with E-state index in [1.165, 1.54) is 49.8 Å². The molecule has 8 nitrogen and oxygen atoms in total. The van der Waals surface area contributed by atoms with Crippen LogP contribution in [0, 0.1) is 5.82 Å². The molecule has 0 fully saturated rings. The number of ether oxygens (including phenoxy) is 2. The molecule has 0 aliphatic heterocycles. The lowest BCUT2D eigenvalue weighted by atomic mass is 10.2. The Morgan fingerprint density at radius 1 is 1.13 bits per heavy atom. The standard InChI is InChI=1S/C20H19FN4O4S2/c1-28-17-7-6-16(11-18(17)29-2)31(26,27)22-9-8-15-12-30-20-23-19(24-25(15)20)13-4-3-5-14(21)10-13/h3-7,10-12,22H,8-9H2,1-2H3. The van der Waals surface area contributed by atoms with Crippen LogP contribution in [0.15, 0.2) is 52.7 Å². The minimum Gasteiger partial charge on any atom is -0.493 e. The highest BCUT2D eigenvalue weighted by Crippen LogP contribution is 2.29. The summed E-state index contributed by atoms with van der Waals surface area (Å²) < 4.78 is 53.3. The van der Waals surface area contributed by atoms with E-state index in [0.717, 1.165) is 5.69 Å². The molecule has 0 atom stereocenters. The zero-order valence-corrected chi connectivity index (χ0v) is 18.3. The summed E-state index contributed by atoms with van der Waals surface area (Å²) in [5.74, 6) is 0.832. The molecule has 0 bridgehead atoms. The van der Waals surface area contributed by atoms with Gasteiger partial charge in [0, 0.05) is 30.0 Å². The van der Waals surface area contributed by atoms with E-state index in [1.807, 2.05) is 5.38 Å². The van der Waals surface area contributed by atoms with Crippen molar-refractivity contribution in [2.45, 2.75) is 11.3 Å². The number of methoxy groups -OCH3 is 2. The molecule has 31 heavy (non-hydrogen) atoms. The Balaban J connectivity index is 1.48. The zero-order chi connectivity index (χ0) is 22.0. The van der Waals surface area contributed by atoms with Crippen molar-refractivity contribution in [3.8, 4) is 22.9 Å². The van der Waals surface area contributed by atoms with Crippen LogP contribution in [0.1, 0.15) is 5.69 Å². The highest BCUT2D eigenvalue weighted by molar-refractivity contribution is 7.89. The van der Waals surface area contributed by atoms with Crippen molar-refractivity contribution < 1.29 is 22.3 Å². The van der Waals surface area contributed by atoms with Crippen molar-refractivity contribution in [1.29, 1.82) is 0 Å². The Morgan fingerprint density at radius 3 is 2.68 bits per heavy atom. The van der Waals surface area contributed by atoms with Gasteiger partial charge in [-0.05, 0) is 24.3 Å². The van der Waals surface area contributed by atoms with Crippen molar-refractivity contribution in [2.75, 3.05) is 20.8 Å². The number of sulfonamides is 1. The molecule has 0 aliphatic carbocycles. The van der Waals surface area contributed by atoms with Crippen LogP contribution in [0.4, 0.5) is 4.39 Å². The van der Waals surface area contributed by atoms with E-state index in [9.17, 15) is 12.8 Å². The molecule has 1 N–H and O–H groups in total. The van der Waals surface area contributed by atoms with Crippen molar-refractivity contribution in [2.24, 2.45) is 0 Å². The number of nitrogens with one attached hydrogen (secondary N) is 1. The quantitative estimate of drug-likeness (QED) is 0.432. The highest BCUT2D eigenvalue weighted by Gasteiger charge is 2.18. The molecule has 0 amide bonds. The fraction of sp³-hybridized carbons (Fsp3) is 0.200. The van der Waals surface area contributed by atoms with Gasteiger partial charge in [0.1, 0.15) is 5.82 Å². The first-order valence-corrected chi connectivity index (χ1v) is 11.6. The molecule has 4 rings (SSSR count). The number of rotatable bonds is 8. The first-order valence-electron chi connectivity index (χ1n) is 9.22. The topological polar surface area (TPSA) is 94.8 Å². The van der Waals surface area contributed by atoms with Gasteiger partial charge in [-0.25, -0.2) is 22.0 Å². The van der Waals surface area contributed by atoms with Crippen LogP contribution in [0.3, 0.4) is 0 Å². The van der Waals surface area contributed by atoms with Crippen LogP contribution in [-0.4, -0.2) is 43.8 Å². The third-order valence-electron chi connectivity index (χ3n) is 4.57. The molecule has 2 aromatic heterocycles. The number of hydrogen-bond donors (Lipinski definition) is 1. The Labute approximate surface area is 182 Å². The number of benzene rings is 2. The Kier molecular flexibility index (Phi) is 5.90. The third kappa shape index (κ3) is 4.38. The summed E-state index contributed by atoms with van der Waals surface area (Å²) in [5.41, 5.74) is 1.38. The molecule has 0 aliphatic rings. The van der Waals surface area contributed by atoms with Crippen molar-refractivity contribution in [1.82, 2.24) is 19.3 Å². The largest absolute Gasteiger partial charge is 0.493 e. The molecule has 0 radical (unpaired) electrons. The van der Waals surface area contributed by atoms with Gasteiger partial charge >= 0.3 is 0 Å². The fourth-order valence-corrected chi connectivity index (χ4v) is 4.93. The Hall–Kier alpha value is -3.02. The minimum absolute atomic E-state index is 0.0785. The Morgan fingerprint density at radius 2 is 1.94 bits per heavy atom. The van der Waals surface area contributed by atoms with Gasteiger partial charge in [0.25, 0.3) is 0 Å².